The molecule has 0 radical (unpaired) electrons. The molecule has 0 aromatic rings. The number of esters is 1. The Kier molecular flexibility index (Phi) is 8.96. The van der Waals surface area contributed by atoms with Crippen molar-refractivity contribution in [2.45, 2.75) is 32.4 Å². The molecule has 0 aromatic heterocycles. The summed E-state index contributed by atoms with van der Waals surface area (Å²) >= 11 is 1.03. The molecule has 0 heterocycles. The SMILES string of the molecule is COC(=O)C(CSN/C(N)=N/C(=N)N(C)C)NC(=O)OC(C)(C)C. The second kappa shape index (κ2) is 9.85. The molecule has 0 fully saturated rings. The predicted molar refractivity (Wildman–Crippen MR) is 93.8 cm³/mol. The van der Waals surface area contributed by atoms with Crippen molar-refractivity contribution < 1.29 is 19.1 Å². The molecule has 11 heteroatoms. The fraction of sp³-hybridized carbons (Fsp3) is 0.692. The lowest BCUT2D eigenvalue weighted by Crippen LogP contribution is -2.46. The van der Waals surface area contributed by atoms with Gasteiger partial charge in [-0.3, -0.25) is 5.41 Å². The largest absolute Gasteiger partial charge is 0.467 e. The lowest BCUT2D eigenvalue weighted by atomic mass is 10.2. The summed E-state index contributed by atoms with van der Waals surface area (Å²) in [5.74, 6) is -0.527. The first kappa shape index (κ1) is 21.8. The molecule has 0 aliphatic heterocycles. The monoisotopic (exact) mass is 362 g/mol. The molecule has 1 amide bonds. The van der Waals surface area contributed by atoms with E-state index in [4.69, 9.17) is 15.9 Å². The maximum atomic E-state index is 11.8. The minimum absolute atomic E-state index is 0.000385. The molecule has 0 saturated carbocycles. The van der Waals surface area contributed by atoms with Crippen LogP contribution in [0.4, 0.5) is 4.79 Å². The zero-order valence-corrected chi connectivity index (χ0v) is 15.6. The molecule has 1 unspecified atom stereocenters. The van der Waals surface area contributed by atoms with E-state index in [0.717, 1.165) is 11.9 Å². The van der Waals surface area contributed by atoms with E-state index in [9.17, 15) is 9.59 Å². The number of nitrogens with two attached hydrogens (primary N) is 1. The maximum Gasteiger partial charge on any atom is 0.408 e. The van der Waals surface area contributed by atoms with Crippen LogP contribution in [0, 0.1) is 5.41 Å². The number of hydrogen-bond acceptors (Lipinski definition) is 6. The van der Waals surface area contributed by atoms with Gasteiger partial charge in [0.05, 0.1) is 7.11 Å². The summed E-state index contributed by atoms with van der Waals surface area (Å²) in [7, 11) is 4.53. The first-order valence-corrected chi connectivity index (χ1v) is 8.00. The third-order valence-corrected chi connectivity index (χ3v) is 3.11. The normalized spacial score (nSPS) is 12.8. The minimum atomic E-state index is -0.927. The molecular formula is C13H26N6O4S. The Balaban J connectivity index is 4.58. The third kappa shape index (κ3) is 9.77. The van der Waals surface area contributed by atoms with Gasteiger partial charge < -0.3 is 30.1 Å². The Morgan fingerprint density at radius 2 is 1.96 bits per heavy atom. The molecule has 5 N–H and O–H groups in total. The molecule has 1 atom stereocenters. The Hall–Kier alpha value is -2.17. The van der Waals surface area contributed by atoms with E-state index in [1.165, 1.54) is 12.0 Å². The molecule has 0 aromatic carbocycles. The lowest BCUT2D eigenvalue weighted by molar-refractivity contribution is -0.142. The number of guanidine groups is 2. The van der Waals surface area contributed by atoms with Crippen molar-refractivity contribution in [1.29, 1.82) is 5.41 Å². The second-order valence-electron chi connectivity index (χ2n) is 5.85. The van der Waals surface area contributed by atoms with Gasteiger partial charge in [-0.1, -0.05) is 0 Å². The van der Waals surface area contributed by atoms with E-state index in [1.54, 1.807) is 34.9 Å². The number of hydrogen-bond donors (Lipinski definition) is 4. The molecule has 0 aliphatic rings. The van der Waals surface area contributed by atoms with Gasteiger partial charge in [-0.25, -0.2) is 9.59 Å². The molecule has 10 nitrogen and oxygen atoms in total. The third-order valence-electron chi connectivity index (χ3n) is 2.25. The smallest absolute Gasteiger partial charge is 0.408 e. The van der Waals surface area contributed by atoms with Crippen LogP contribution in [0.1, 0.15) is 20.8 Å². The summed E-state index contributed by atoms with van der Waals surface area (Å²) in [6.07, 6.45) is -0.727. The van der Waals surface area contributed by atoms with Crippen LogP contribution in [0.3, 0.4) is 0 Å². The molecule has 0 rings (SSSR count). The summed E-state index contributed by atoms with van der Waals surface area (Å²) in [5.41, 5.74) is 4.93. The van der Waals surface area contributed by atoms with Crippen LogP contribution >= 0.6 is 11.9 Å². The summed E-state index contributed by atoms with van der Waals surface area (Å²) in [5, 5.41) is 9.96. The van der Waals surface area contributed by atoms with Crippen molar-refractivity contribution in [1.82, 2.24) is 14.9 Å². The number of carbonyl (C=O) groups is 2. The average Bonchev–Trinajstić information content (AvgIpc) is 2.43. The Labute approximate surface area is 146 Å². The summed E-state index contributed by atoms with van der Waals surface area (Å²) in [6.45, 7) is 5.15. The fourth-order valence-electron chi connectivity index (χ4n) is 1.20. The molecule has 0 aliphatic carbocycles. The van der Waals surface area contributed by atoms with Crippen LogP contribution in [0.15, 0.2) is 4.99 Å². The van der Waals surface area contributed by atoms with Gasteiger partial charge in [0.1, 0.15) is 11.6 Å². The molecule has 24 heavy (non-hydrogen) atoms. The zero-order chi connectivity index (χ0) is 18.9. The summed E-state index contributed by atoms with van der Waals surface area (Å²) in [6, 6.07) is -0.927. The van der Waals surface area contributed by atoms with Crippen LogP contribution in [-0.4, -0.2) is 67.5 Å². The number of nitrogens with one attached hydrogen (secondary N) is 3. The van der Waals surface area contributed by atoms with Crippen LogP contribution in [0.25, 0.3) is 0 Å². The summed E-state index contributed by atoms with van der Waals surface area (Å²) in [4.78, 5) is 28.7. The first-order chi connectivity index (χ1) is 11.0. The Morgan fingerprint density at radius 3 is 2.42 bits per heavy atom. The number of nitrogens with zero attached hydrogens (tertiary/aromatic N) is 2. The van der Waals surface area contributed by atoms with Gasteiger partial charge in [-0.15, -0.1) is 0 Å². The van der Waals surface area contributed by atoms with Crippen molar-refractivity contribution >= 4 is 35.9 Å². The van der Waals surface area contributed by atoms with Gasteiger partial charge in [0, 0.05) is 19.8 Å². The number of ether oxygens (including phenoxy) is 2. The Morgan fingerprint density at radius 1 is 1.38 bits per heavy atom. The number of rotatable bonds is 5. The van der Waals surface area contributed by atoms with Gasteiger partial charge in [0.15, 0.2) is 0 Å². The predicted octanol–water partition coefficient (Wildman–Crippen LogP) is 0.102. The van der Waals surface area contributed by atoms with Crippen LogP contribution in [0.2, 0.25) is 0 Å². The van der Waals surface area contributed by atoms with Crippen LogP contribution in [-0.2, 0) is 14.3 Å². The van der Waals surface area contributed by atoms with E-state index < -0.39 is 23.7 Å². The Bertz CT molecular complexity index is 489. The van der Waals surface area contributed by atoms with E-state index in [-0.39, 0.29) is 17.7 Å². The minimum Gasteiger partial charge on any atom is -0.467 e. The molecule has 0 spiro atoms. The van der Waals surface area contributed by atoms with Crippen LogP contribution < -0.4 is 15.8 Å². The average molecular weight is 362 g/mol. The van der Waals surface area contributed by atoms with E-state index in [0.29, 0.717) is 0 Å². The van der Waals surface area contributed by atoms with Gasteiger partial charge in [-0.2, -0.15) is 4.99 Å². The zero-order valence-electron chi connectivity index (χ0n) is 14.8. The van der Waals surface area contributed by atoms with Crippen molar-refractivity contribution in [3.05, 3.63) is 0 Å². The quantitative estimate of drug-likeness (QED) is 0.233. The molecular weight excluding hydrogens is 336 g/mol. The molecule has 0 saturated heterocycles. The van der Waals surface area contributed by atoms with Gasteiger partial charge in [-0.05, 0) is 32.7 Å². The first-order valence-electron chi connectivity index (χ1n) is 7.01. The van der Waals surface area contributed by atoms with Gasteiger partial charge in [0.2, 0.25) is 11.9 Å². The number of alkyl carbamates (subject to hydrolysis) is 1. The highest BCUT2D eigenvalue weighted by molar-refractivity contribution is 7.98. The number of carbonyl (C=O) groups excluding carboxylic acids is 2. The highest BCUT2D eigenvalue weighted by Crippen LogP contribution is 2.08. The van der Waals surface area contributed by atoms with Crippen molar-refractivity contribution in [3.63, 3.8) is 0 Å². The standard InChI is InChI=1S/C13H26N6O4S/c1-13(2,3)23-12(21)16-8(9(20)22-6)7-24-18-10(14)17-11(15)19(4)5/h8H,7H2,1-6H3,(H,16,21)(H4,14,15,17,18). The lowest BCUT2D eigenvalue weighted by Gasteiger charge is -2.22. The molecule has 138 valence electrons. The fourth-order valence-corrected chi connectivity index (χ4v) is 1.86. The van der Waals surface area contributed by atoms with E-state index in [1.807, 2.05) is 0 Å². The number of methoxy groups -OCH3 is 1. The van der Waals surface area contributed by atoms with Crippen molar-refractivity contribution in [2.24, 2.45) is 10.7 Å². The van der Waals surface area contributed by atoms with Gasteiger partial charge >= 0.3 is 12.1 Å². The van der Waals surface area contributed by atoms with Crippen molar-refractivity contribution in [3.8, 4) is 0 Å². The van der Waals surface area contributed by atoms with Crippen molar-refractivity contribution in [2.75, 3.05) is 27.0 Å². The molecule has 0 bridgehead atoms. The number of aliphatic imine (C=N–C) groups is 1. The second-order valence-corrected chi connectivity index (χ2v) is 6.68. The highest BCUT2D eigenvalue weighted by atomic mass is 32.2. The maximum absolute atomic E-state index is 11.8. The van der Waals surface area contributed by atoms with E-state index in [2.05, 4.69) is 19.8 Å². The van der Waals surface area contributed by atoms with E-state index >= 15 is 0 Å². The topological polar surface area (TPSA) is 142 Å². The highest BCUT2D eigenvalue weighted by Gasteiger charge is 2.25. The van der Waals surface area contributed by atoms with Gasteiger partial charge in [0.25, 0.3) is 0 Å². The number of amides is 1. The summed E-state index contributed by atoms with van der Waals surface area (Å²) < 4.78 is 12.4. The van der Waals surface area contributed by atoms with Crippen LogP contribution in [0.5, 0.6) is 0 Å².